The van der Waals surface area contributed by atoms with E-state index in [1.165, 1.54) is 0 Å². The second kappa shape index (κ2) is 6.37. The van der Waals surface area contributed by atoms with Crippen molar-refractivity contribution < 1.29 is 9.90 Å². The van der Waals surface area contributed by atoms with Crippen molar-refractivity contribution in [3.05, 3.63) is 11.6 Å². The lowest BCUT2D eigenvalue weighted by molar-refractivity contribution is -0.141. The number of carboxylic acids is 1. The van der Waals surface area contributed by atoms with Crippen molar-refractivity contribution in [1.29, 1.82) is 0 Å². The molecule has 1 rings (SSSR count). The molecule has 1 aromatic heterocycles. The number of hydrogen-bond acceptors (Lipinski definition) is 3. The van der Waals surface area contributed by atoms with Crippen LogP contribution < -0.4 is 0 Å². The Morgan fingerprint density at radius 3 is 2.53 bits per heavy atom. The van der Waals surface area contributed by atoms with Gasteiger partial charge in [0.1, 0.15) is 5.82 Å². The van der Waals surface area contributed by atoms with Gasteiger partial charge in [-0.3, -0.25) is 0 Å². The Kier molecular flexibility index (Phi) is 5.12. The average Bonchev–Trinajstić information content (AvgIpc) is 2.72. The van der Waals surface area contributed by atoms with E-state index in [0.717, 1.165) is 30.9 Å². The van der Waals surface area contributed by atoms with E-state index in [2.05, 4.69) is 17.0 Å². The molecule has 1 heterocycles. The molecule has 0 saturated heterocycles. The van der Waals surface area contributed by atoms with Crippen LogP contribution in [0.1, 0.15) is 57.7 Å². The molecule has 1 N–H and O–H groups in total. The first-order valence-corrected chi connectivity index (χ1v) is 6.31. The molecular formula is C12H21N3O2. The molecule has 1 unspecified atom stereocenters. The zero-order valence-electron chi connectivity index (χ0n) is 10.8. The Labute approximate surface area is 102 Å². The van der Waals surface area contributed by atoms with Gasteiger partial charge in [-0.1, -0.05) is 33.6 Å². The molecule has 0 spiro atoms. The van der Waals surface area contributed by atoms with Gasteiger partial charge in [-0.05, 0) is 6.42 Å². The Morgan fingerprint density at radius 2 is 2.06 bits per heavy atom. The molecule has 96 valence electrons. The van der Waals surface area contributed by atoms with Gasteiger partial charge < -0.3 is 5.11 Å². The smallest absolute Gasteiger partial charge is 0.328 e. The molecule has 0 aliphatic heterocycles. The summed E-state index contributed by atoms with van der Waals surface area (Å²) in [5.41, 5.74) is 0. The van der Waals surface area contributed by atoms with Gasteiger partial charge in [0.05, 0.1) is 0 Å². The summed E-state index contributed by atoms with van der Waals surface area (Å²) in [7, 11) is 0. The molecule has 5 nitrogen and oxygen atoms in total. The maximum Gasteiger partial charge on any atom is 0.328 e. The molecule has 0 radical (unpaired) electrons. The van der Waals surface area contributed by atoms with Crippen LogP contribution in [0, 0.1) is 0 Å². The molecular weight excluding hydrogens is 218 g/mol. The summed E-state index contributed by atoms with van der Waals surface area (Å²) in [6.07, 6.45) is 3.94. The monoisotopic (exact) mass is 239 g/mol. The Morgan fingerprint density at radius 1 is 1.35 bits per heavy atom. The van der Waals surface area contributed by atoms with Crippen LogP contribution in [0.3, 0.4) is 0 Å². The summed E-state index contributed by atoms with van der Waals surface area (Å²) in [6, 6.07) is -0.572. The first-order valence-electron chi connectivity index (χ1n) is 6.31. The summed E-state index contributed by atoms with van der Waals surface area (Å²) in [5.74, 6) is 0.677. The number of nitrogens with zero attached hydrogens (tertiary/aromatic N) is 3. The minimum atomic E-state index is -0.819. The lowest BCUT2D eigenvalue weighted by Crippen LogP contribution is -2.22. The van der Waals surface area contributed by atoms with Gasteiger partial charge in [0, 0.05) is 12.8 Å². The summed E-state index contributed by atoms with van der Waals surface area (Å²) in [4.78, 5) is 15.6. The fraction of sp³-hybridized carbons (Fsp3) is 0.750. The molecule has 0 aliphatic rings. The fourth-order valence-electron chi connectivity index (χ4n) is 1.79. The molecule has 1 atom stereocenters. The van der Waals surface area contributed by atoms with Gasteiger partial charge in [0.15, 0.2) is 11.9 Å². The average molecular weight is 239 g/mol. The zero-order valence-corrected chi connectivity index (χ0v) is 10.8. The minimum absolute atomic E-state index is 0.572. The van der Waals surface area contributed by atoms with Crippen molar-refractivity contribution in [2.24, 2.45) is 0 Å². The van der Waals surface area contributed by atoms with Crippen LogP contribution in [0.2, 0.25) is 0 Å². The van der Waals surface area contributed by atoms with E-state index >= 15 is 0 Å². The maximum absolute atomic E-state index is 11.3. The van der Waals surface area contributed by atoms with E-state index in [0.29, 0.717) is 12.8 Å². The van der Waals surface area contributed by atoms with Crippen molar-refractivity contribution in [2.75, 3.05) is 0 Å². The van der Waals surface area contributed by atoms with E-state index < -0.39 is 12.0 Å². The molecule has 0 fully saturated rings. The minimum Gasteiger partial charge on any atom is -0.480 e. The van der Waals surface area contributed by atoms with Crippen LogP contribution in [0.15, 0.2) is 0 Å². The second-order valence-electron chi connectivity index (χ2n) is 4.09. The van der Waals surface area contributed by atoms with Gasteiger partial charge in [-0.25, -0.2) is 14.5 Å². The quantitative estimate of drug-likeness (QED) is 0.792. The number of hydrogen-bond donors (Lipinski definition) is 1. The first-order chi connectivity index (χ1) is 8.13. The SMILES string of the molecule is CCCCC(C(=O)O)n1nc(CC)nc1CC. The largest absolute Gasteiger partial charge is 0.480 e. The Hall–Kier alpha value is -1.39. The van der Waals surface area contributed by atoms with E-state index in [4.69, 9.17) is 0 Å². The van der Waals surface area contributed by atoms with Crippen LogP contribution in [-0.4, -0.2) is 25.8 Å². The summed E-state index contributed by atoms with van der Waals surface area (Å²) < 4.78 is 1.59. The predicted octanol–water partition coefficient (Wildman–Crippen LogP) is 2.22. The molecule has 0 bridgehead atoms. The normalized spacial score (nSPS) is 12.6. The maximum atomic E-state index is 11.3. The standard InChI is InChI=1S/C12H21N3O2/c1-4-7-8-9(12(16)17)15-11(6-3)13-10(5-2)14-15/h9H,4-8H2,1-3H3,(H,16,17). The number of carbonyl (C=O) groups is 1. The molecule has 0 aromatic carbocycles. The third kappa shape index (κ3) is 3.28. The molecule has 17 heavy (non-hydrogen) atoms. The number of aromatic nitrogens is 3. The third-order valence-electron chi connectivity index (χ3n) is 2.79. The lowest BCUT2D eigenvalue weighted by Gasteiger charge is -2.13. The fourth-order valence-corrected chi connectivity index (χ4v) is 1.79. The van der Waals surface area contributed by atoms with Crippen LogP contribution in [0.25, 0.3) is 0 Å². The van der Waals surface area contributed by atoms with Gasteiger partial charge in [0.2, 0.25) is 0 Å². The molecule has 0 amide bonds. The highest BCUT2D eigenvalue weighted by Gasteiger charge is 2.23. The van der Waals surface area contributed by atoms with Crippen molar-refractivity contribution in [3.8, 4) is 0 Å². The molecule has 0 saturated carbocycles. The van der Waals surface area contributed by atoms with Crippen LogP contribution in [0.5, 0.6) is 0 Å². The van der Waals surface area contributed by atoms with E-state index in [1.807, 2.05) is 13.8 Å². The highest BCUT2D eigenvalue weighted by atomic mass is 16.4. The van der Waals surface area contributed by atoms with Gasteiger partial charge in [-0.15, -0.1) is 0 Å². The number of rotatable bonds is 7. The van der Waals surface area contributed by atoms with Gasteiger partial charge >= 0.3 is 5.97 Å². The molecule has 1 aromatic rings. The van der Waals surface area contributed by atoms with Crippen LogP contribution in [-0.2, 0) is 17.6 Å². The van der Waals surface area contributed by atoms with E-state index in [9.17, 15) is 9.90 Å². The third-order valence-corrected chi connectivity index (χ3v) is 2.79. The summed E-state index contributed by atoms with van der Waals surface area (Å²) in [5, 5.41) is 13.6. The predicted molar refractivity (Wildman–Crippen MR) is 65.0 cm³/mol. The van der Waals surface area contributed by atoms with Crippen LogP contribution >= 0.6 is 0 Å². The second-order valence-corrected chi connectivity index (χ2v) is 4.09. The van der Waals surface area contributed by atoms with E-state index in [-0.39, 0.29) is 0 Å². The van der Waals surface area contributed by atoms with Crippen LogP contribution in [0.4, 0.5) is 0 Å². The van der Waals surface area contributed by atoms with E-state index in [1.54, 1.807) is 4.68 Å². The Bertz CT molecular complexity index is 374. The van der Waals surface area contributed by atoms with Gasteiger partial charge in [-0.2, -0.15) is 5.10 Å². The number of aliphatic carboxylic acids is 1. The van der Waals surface area contributed by atoms with Crippen molar-refractivity contribution in [3.63, 3.8) is 0 Å². The van der Waals surface area contributed by atoms with Gasteiger partial charge in [0.25, 0.3) is 0 Å². The zero-order chi connectivity index (χ0) is 12.8. The van der Waals surface area contributed by atoms with Crippen molar-refractivity contribution >= 4 is 5.97 Å². The number of carboxylic acid groups (broad SMARTS) is 1. The first kappa shape index (κ1) is 13.7. The highest BCUT2D eigenvalue weighted by Crippen LogP contribution is 2.17. The van der Waals surface area contributed by atoms with Crippen molar-refractivity contribution in [1.82, 2.24) is 14.8 Å². The topological polar surface area (TPSA) is 68.0 Å². The number of aryl methyl sites for hydroxylation is 2. The number of unbranched alkanes of at least 4 members (excludes halogenated alkanes) is 1. The lowest BCUT2D eigenvalue weighted by atomic mass is 10.1. The highest BCUT2D eigenvalue weighted by molar-refractivity contribution is 5.71. The molecule has 5 heteroatoms. The molecule has 0 aliphatic carbocycles. The van der Waals surface area contributed by atoms with Crippen molar-refractivity contribution in [2.45, 2.75) is 58.9 Å². The Balaban J connectivity index is 2.99. The summed E-state index contributed by atoms with van der Waals surface area (Å²) in [6.45, 7) is 6.00. The summed E-state index contributed by atoms with van der Waals surface area (Å²) >= 11 is 0.